The quantitative estimate of drug-likeness (QED) is 0.495. The first-order chi connectivity index (χ1) is 14.9. The average Bonchev–Trinajstić information content (AvgIpc) is 3.22. The topological polar surface area (TPSA) is 123 Å². The SMILES string of the molecule is Cc1ccn(-c2ccc(Oc3ccc(NS(=O)(=O)c4ccc(C#N)cc4)cc3)nn2)n1. The number of nitrogens with zero attached hydrogens (tertiary/aromatic N) is 5. The van der Waals surface area contributed by atoms with E-state index in [1.54, 1.807) is 47.3 Å². The Kier molecular flexibility index (Phi) is 5.34. The lowest BCUT2D eigenvalue weighted by Crippen LogP contribution is -2.12. The van der Waals surface area contributed by atoms with Crippen LogP contribution >= 0.6 is 0 Å². The largest absolute Gasteiger partial charge is 0.438 e. The fourth-order valence-corrected chi connectivity index (χ4v) is 3.73. The molecule has 0 aliphatic rings. The lowest BCUT2D eigenvalue weighted by molar-refractivity contribution is 0.454. The predicted octanol–water partition coefficient (Wildman–Crippen LogP) is 3.44. The van der Waals surface area contributed by atoms with Crippen LogP contribution in [-0.2, 0) is 10.0 Å². The molecular weight excluding hydrogens is 416 g/mol. The second kappa shape index (κ2) is 8.25. The number of aromatic nitrogens is 4. The molecule has 0 atom stereocenters. The number of benzene rings is 2. The number of ether oxygens (including phenoxy) is 1. The molecule has 2 aromatic carbocycles. The van der Waals surface area contributed by atoms with Gasteiger partial charge in [0.25, 0.3) is 10.0 Å². The van der Waals surface area contributed by atoms with E-state index in [9.17, 15) is 8.42 Å². The molecule has 0 amide bonds. The van der Waals surface area contributed by atoms with Gasteiger partial charge in [0.2, 0.25) is 5.88 Å². The van der Waals surface area contributed by atoms with Crippen molar-refractivity contribution in [3.8, 4) is 23.5 Å². The molecule has 0 saturated carbocycles. The molecule has 0 fully saturated rings. The first-order valence-electron chi connectivity index (χ1n) is 9.10. The minimum atomic E-state index is -3.77. The van der Waals surface area contributed by atoms with Crippen molar-refractivity contribution in [1.82, 2.24) is 20.0 Å². The van der Waals surface area contributed by atoms with E-state index < -0.39 is 10.0 Å². The van der Waals surface area contributed by atoms with E-state index in [1.165, 1.54) is 24.3 Å². The van der Waals surface area contributed by atoms with E-state index in [-0.39, 0.29) is 4.90 Å². The Morgan fingerprint density at radius 1 is 0.968 bits per heavy atom. The van der Waals surface area contributed by atoms with E-state index in [4.69, 9.17) is 10.00 Å². The average molecular weight is 432 g/mol. The first-order valence-corrected chi connectivity index (χ1v) is 10.6. The Labute approximate surface area is 178 Å². The zero-order valence-electron chi connectivity index (χ0n) is 16.3. The molecule has 0 radical (unpaired) electrons. The van der Waals surface area contributed by atoms with Crippen LogP contribution in [0.1, 0.15) is 11.3 Å². The lowest BCUT2D eigenvalue weighted by atomic mass is 10.2. The van der Waals surface area contributed by atoms with Crippen molar-refractivity contribution in [2.45, 2.75) is 11.8 Å². The molecular formula is C21H16N6O3S. The molecule has 0 spiro atoms. The highest BCUT2D eigenvalue weighted by atomic mass is 32.2. The Hall–Kier alpha value is -4.23. The molecule has 0 bridgehead atoms. The molecule has 10 heteroatoms. The highest BCUT2D eigenvalue weighted by Crippen LogP contribution is 2.23. The van der Waals surface area contributed by atoms with Crippen molar-refractivity contribution in [3.05, 3.63) is 84.2 Å². The van der Waals surface area contributed by atoms with Crippen molar-refractivity contribution in [3.63, 3.8) is 0 Å². The van der Waals surface area contributed by atoms with Gasteiger partial charge < -0.3 is 4.74 Å². The van der Waals surface area contributed by atoms with Crippen LogP contribution in [0.4, 0.5) is 5.69 Å². The monoisotopic (exact) mass is 432 g/mol. The molecule has 1 N–H and O–H groups in total. The summed E-state index contributed by atoms with van der Waals surface area (Å²) in [7, 11) is -3.77. The van der Waals surface area contributed by atoms with E-state index in [2.05, 4.69) is 20.0 Å². The Balaban J connectivity index is 1.42. The van der Waals surface area contributed by atoms with Crippen LogP contribution < -0.4 is 9.46 Å². The molecule has 2 aromatic heterocycles. The maximum atomic E-state index is 12.5. The second-order valence-corrected chi connectivity index (χ2v) is 8.18. The van der Waals surface area contributed by atoms with Crippen LogP contribution in [0.3, 0.4) is 0 Å². The van der Waals surface area contributed by atoms with E-state index in [0.717, 1.165) is 5.69 Å². The van der Waals surface area contributed by atoms with Gasteiger partial charge in [-0.2, -0.15) is 10.4 Å². The third-order valence-corrected chi connectivity index (χ3v) is 5.60. The minimum Gasteiger partial charge on any atom is -0.438 e. The van der Waals surface area contributed by atoms with Gasteiger partial charge in [0.1, 0.15) is 5.75 Å². The number of nitrogens with one attached hydrogen (secondary N) is 1. The van der Waals surface area contributed by atoms with Crippen molar-refractivity contribution < 1.29 is 13.2 Å². The molecule has 0 aliphatic heterocycles. The molecule has 9 nitrogen and oxygen atoms in total. The van der Waals surface area contributed by atoms with Crippen LogP contribution in [0.25, 0.3) is 5.82 Å². The zero-order chi connectivity index (χ0) is 21.8. The van der Waals surface area contributed by atoms with E-state index in [1.807, 2.05) is 19.1 Å². The van der Waals surface area contributed by atoms with Crippen molar-refractivity contribution >= 4 is 15.7 Å². The van der Waals surface area contributed by atoms with Crippen LogP contribution in [0.5, 0.6) is 11.6 Å². The molecule has 154 valence electrons. The highest BCUT2D eigenvalue weighted by Gasteiger charge is 2.14. The Morgan fingerprint density at radius 2 is 1.71 bits per heavy atom. The Bertz CT molecular complexity index is 1340. The standard InChI is InChI=1S/C21H16N6O3S/c1-15-12-13-27(25-15)20-10-11-21(24-23-20)30-18-6-4-17(5-7-18)26-31(28,29)19-8-2-16(14-22)3-9-19/h2-13,26H,1H3. The summed E-state index contributed by atoms with van der Waals surface area (Å²) in [5, 5.41) is 21.2. The summed E-state index contributed by atoms with van der Waals surface area (Å²) in [5.41, 5.74) is 1.63. The summed E-state index contributed by atoms with van der Waals surface area (Å²) in [4.78, 5) is 0.0644. The number of rotatable bonds is 6. The number of sulfonamides is 1. The van der Waals surface area contributed by atoms with Gasteiger partial charge in [-0.05, 0) is 67.6 Å². The molecule has 31 heavy (non-hydrogen) atoms. The van der Waals surface area contributed by atoms with Gasteiger partial charge in [-0.1, -0.05) is 0 Å². The van der Waals surface area contributed by atoms with Crippen molar-refractivity contribution in [2.75, 3.05) is 4.72 Å². The summed E-state index contributed by atoms with van der Waals surface area (Å²) in [5.74, 6) is 1.32. The molecule has 4 rings (SSSR count). The van der Waals surface area contributed by atoms with Crippen LogP contribution in [0, 0.1) is 18.3 Å². The molecule has 2 heterocycles. The van der Waals surface area contributed by atoms with Crippen LogP contribution in [0.2, 0.25) is 0 Å². The summed E-state index contributed by atoms with van der Waals surface area (Å²) in [6.45, 7) is 1.88. The van der Waals surface area contributed by atoms with Gasteiger partial charge in [0.15, 0.2) is 5.82 Å². The van der Waals surface area contributed by atoms with Gasteiger partial charge in [-0.25, -0.2) is 13.1 Å². The van der Waals surface area contributed by atoms with E-state index in [0.29, 0.717) is 28.7 Å². The normalized spacial score (nSPS) is 11.0. The fraction of sp³-hybridized carbons (Fsp3) is 0.0476. The Morgan fingerprint density at radius 3 is 2.29 bits per heavy atom. The lowest BCUT2D eigenvalue weighted by Gasteiger charge is -2.09. The number of nitriles is 1. The summed E-state index contributed by atoms with van der Waals surface area (Å²) in [6, 6.07) is 19.3. The van der Waals surface area contributed by atoms with Crippen molar-refractivity contribution in [1.29, 1.82) is 5.26 Å². The van der Waals surface area contributed by atoms with Crippen LogP contribution in [0.15, 0.2) is 77.8 Å². The number of aryl methyl sites for hydroxylation is 1. The summed E-state index contributed by atoms with van der Waals surface area (Å²) < 4.78 is 34.7. The van der Waals surface area contributed by atoms with Gasteiger partial charge in [0.05, 0.1) is 22.2 Å². The molecule has 4 aromatic rings. The van der Waals surface area contributed by atoms with E-state index >= 15 is 0 Å². The zero-order valence-corrected chi connectivity index (χ0v) is 17.1. The van der Waals surface area contributed by atoms with Crippen molar-refractivity contribution in [2.24, 2.45) is 0 Å². The van der Waals surface area contributed by atoms with Gasteiger partial charge in [-0.3, -0.25) is 4.72 Å². The smallest absolute Gasteiger partial charge is 0.261 e. The van der Waals surface area contributed by atoms with Crippen LogP contribution in [-0.4, -0.2) is 28.4 Å². The minimum absolute atomic E-state index is 0.0644. The maximum absolute atomic E-state index is 12.5. The first kappa shape index (κ1) is 20.1. The number of hydrogen-bond donors (Lipinski definition) is 1. The maximum Gasteiger partial charge on any atom is 0.261 e. The number of anilines is 1. The second-order valence-electron chi connectivity index (χ2n) is 6.50. The number of hydrogen-bond acceptors (Lipinski definition) is 7. The molecule has 0 unspecified atom stereocenters. The molecule has 0 saturated heterocycles. The van der Waals surface area contributed by atoms with Gasteiger partial charge in [-0.15, -0.1) is 10.2 Å². The summed E-state index contributed by atoms with van der Waals surface area (Å²) >= 11 is 0. The third-order valence-electron chi connectivity index (χ3n) is 4.21. The predicted molar refractivity (Wildman–Crippen MR) is 112 cm³/mol. The third kappa shape index (κ3) is 4.68. The molecule has 0 aliphatic carbocycles. The van der Waals surface area contributed by atoms with Gasteiger partial charge in [0, 0.05) is 18.0 Å². The fourth-order valence-electron chi connectivity index (χ4n) is 2.67. The summed E-state index contributed by atoms with van der Waals surface area (Å²) in [6.07, 6.45) is 1.79. The van der Waals surface area contributed by atoms with Gasteiger partial charge >= 0.3 is 0 Å². The highest BCUT2D eigenvalue weighted by molar-refractivity contribution is 7.92.